The number of aromatic nitrogens is 1. The molecule has 37 heavy (non-hydrogen) atoms. The number of nitrogens with two attached hydrogens (primary N) is 1. The Morgan fingerprint density at radius 2 is 1.78 bits per heavy atom. The van der Waals surface area contributed by atoms with Gasteiger partial charge in [-0.25, -0.2) is 17.6 Å². The quantitative estimate of drug-likeness (QED) is 0.449. The number of rotatable bonds is 5. The van der Waals surface area contributed by atoms with Crippen LogP contribution in [0, 0.1) is 19.7 Å². The number of aliphatic carboxylic acids is 1. The lowest BCUT2D eigenvalue weighted by atomic mass is 9.81. The molecule has 0 aliphatic carbocycles. The van der Waals surface area contributed by atoms with Gasteiger partial charge in [0.05, 0.1) is 36.0 Å². The molecule has 3 N–H and O–H groups in total. The van der Waals surface area contributed by atoms with Crippen LogP contribution in [0.2, 0.25) is 0 Å². The number of nitrogens with zero attached hydrogens (tertiary/aromatic N) is 2. The van der Waals surface area contributed by atoms with Crippen molar-refractivity contribution in [3.8, 4) is 22.4 Å². The van der Waals surface area contributed by atoms with Crippen molar-refractivity contribution in [1.29, 1.82) is 0 Å². The molecule has 1 aliphatic heterocycles. The Balaban J connectivity index is 2.21. The molecule has 1 aromatic heterocycles. The average molecular weight is 528 g/mol. The van der Waals surface area contributed by atoms with Gasteiger partial charge in [0.1, 0.15) is 5.82 Å². The second-order valence-electron chi connectivity index (χ2n) is 10.3. The fourth-order valence-corrected chi connectivity index (χ4v) is 5.82. The number of ether oxygens (including phenoxy) is 1. The Morgan fingerprint density at radius 3 is 2.32 bits per heavy atom. The molecule has 10 heteroatoms. The molecule has 0 bridgehead atoms. The van der Waals surface area contributed by atoms with Gasteiger partial charge in [-0.15, -0.1) is 0 Å². The van der Waals surface area contributed by atoms with E-state index >= 15 is 0 Å². The van der Waals surface area contributed by atoms with E-state index < -0.39 is 33.5 Å². The molecular weight excluding hydrogens is 497 g/mol. The van der Waals surface area contributed by atoms with Gasteiger partial charge in [-0.05, 0) is 75.1 Å². The minimum absolute atomic E-state index is 0.134. The first-order chi connectivity index (χ1) is 17.1. The van der Waals surface area contributed by atoms with Gasteiger partial charge in [0.15, 0.2) is 6.10 Å². The molecule has 0 amide bonds. The number of halogens is 1. The van der Waals surface area contributed by atoms with Gasteiger partial charge >= 0.3 is 5.97 Å². The summed E-state index contributed by atoms with van der Waals surface area (Å²) in [6.45, 7) is 8.59. The molecule has 8 nitrogen and oxygen atoms in total. The third-order valence-corrected chi connectivity index (χ3v) is 7.42. The van der Waals surface area contributed by atoms with Crippen LogP contribution < -0.4 is 10.0 Å². The molecule has 0 unspecified atom stereocenters. The second-order valence-corrected chi connectivity index (χ2v) is 12.2. The molecule has 0 fully saturated rings. The van der Waals surface area contributed by atoms with E-state index in [1.54, 1.807) is 58.9 Å². The maximum absolute atomic E-state index is 14.1. The van der Waals surface area contributed by atoms with Crippen molar-refractivity contribution < 1.29 is 27.4 Å². The third-order valence-electron chi connectivity index (χ3n) is 6.31. The minimum Gasteiger partial charge on any atom is -0.479 e. The lowest BCUT2D eigenvalue weighted by molar-refractivity contribution is -0.160. The van der Waals surface area contributed by atoms with E-state index in [0.29, 0.717) is 56.0 Å². The predicted octanol–water partition coefficient (Wildman–Crippen LogP) is 4.97. The van der Waals surface area contributed by atoms with Crippen LogP contribution in [0.25, 0.3) is 22.4 Å². The molecule has 0 saturated carbocycles. The number of hydrogen-bond acceptors (Lipinski definition) is 6. The summed E-state index contributed by atoms with van der Waals surface area (Å²) in [5.41, 5.74) is 9.90. The Morgan fingerprint density at radius 1 is 1.16 bits per heavy atom. The van der Waals surface area contributed by atoms with E-state index in [2.05, 4.69) is 4.98 Å². The van der Waals surface area contributed by atoms with Crippen molar-refractivity contribution in [1.82, 2.24) is 4.98 Å². The van der Waals surface area contributed by atoms with Crippen molar-refractivity contribution in [3.63, 3.8) is 0 Å². The number of pyridine rings is 1. The summed E-state index contributed by atoms with van der Waals surface area (Å²) >= 11 is 0. The molecule has 1 atom stereocenters. The van der Waals surface area contributed by atoms with Crippen LogP contribution in [-0.4, -0.2) is 36.3 Å². The summed E-state index contributed by atoms with van der Waals surface area (Å²) < 4.78 is 47.4. The number of sulfonamides is 1. The zero-order valence-electron chi connectivity index (χ0n) is 21.6. The summed E-state index contributed by atoms with van der Waals surface area (Å²) in [7, 11) is -3.84. The standard InChI is InChI=1S/C27H30FN3O5S/c1-14-20(16-7-9-19(29)10-8-16)21(25(26(32)33)36-27(3,4)5)15(2)24-22(14)23-17(11-18(28)12-30-23)13-31(24)37(6,34)35/h7-12,25H,13,29H2,1-6H3,(H,32,33)/t25-/m0/s1. The number of carbonyl (C=O) groups is 1. The molecule has 1 aliphatic rings. The molecule has 3 aromatic rings. The zero-order chi connectivity index (χ0) is 27.4. The molecule has 4 rings (SSSR count). The number of carboxylic acid groups (broad SMARTS) is 1. The van der Waals surface area contributed by atoms with Gasteiger partial charge in [-0.2, -0.15) is 0 Å². The van der Waals surface area contributed by atoms with E-state index in [-0.39, 0.29) is 6.54 Å². The lowest BCUT2D eigenvalue weighted by Gasteiger charge is -2.36. The van der Waals surface area contributed by atoms with E-state index in [9.17, 15) is 22.7 Å². The number of hydrogen-bond donors (Lipinski definition) is 2. The molecule has 2 heterocycles. The summed E-state index contributed by atoms with van der Waals surface area (Å²) in [5.74, 6) is -1.79. The van der Waals surface area contributed by atoms with Gasteiger partial charge in [-0.1, -0.05) is 12.1 Å². The highest BCUT2D eigenvalue weighted by Crippen LogP contribution is 2.51. The van der Waals surface area contributed by atoms with Crippen molar-refractivity contribution in [3.05, 3.63) is 64.6 Å². The van der Waals surface area contributed by atoms with Crippen molar-refractivity contribution >= 4 is 27.4 Å². The van der Waals surface area contributed by atoms with E-state index in [1.807, 2.05) is 0 Å². The van der Waals surface area contributed by atoms with Crippen molar-refractivity contribution in [2.45, 2.75) is 52.9 Å². The molecular formula is C27H30FN3O5S. The molecule has 196 valence electrons. The summed E-state index contributed by atoms with van der Waals surface area (Å²) in [6, 6.07) is 8.24. The van der Waals surface area contributed by atoms with Crippen molar-refractivity contribution in [2.75, 3.05) is 16.3 Å². The van der Waals surface area contributed by atoms with Gasteiger partial charge in [0.2, 0.25) is 10.0 Å². The van der Waals surface area contributed by atoms with Crippen LogP contribution in [0.1, 0.15) is 49.1 Å². The highest BCUT2D eigenvalue weighted by Gasteiger charge is 2.39. The van der Waals surface area contributed by atoms with E-state index in [4.69, 9.17) is 10.5 Å². The van der Waals surface area contributed by atoms with Crippen molar-refractivity contribution in [2.24, 2.45) is 0 Å². The van der Waals surface area contributed by atoms with Crippen LogP contribution in [0.15, 0.2) is 36.5 Å². The second kappa shape index (κ2) is 9.11. The van der Waals surface area contributed by atoms with Crippen LogP contribution in [-0.2, 0) is 26.1 Å². The van der Waals surface area contributed by atoms with Gasteiger partial charge < -0.3 is 15.6 Å². The fraction of sp³-hybridized carbons (Fsp3) is 0.333. The SMILES string of the molecule is Cc1c(-c2ccc(N)cc2)c([C@H](OC(C)(C)C)C(=O)O)c(C)c2c1-c1ncc(F)cc1CN2S(C)(=O)=O. The molecule has 0 spiro atoms. The topological polar surface area (TPSA) is 123 Å². The first-order valence-corrected chi connectivity index (χ1v) is 13.5. The van der Waals surface area contributed by atoms with Gasteiger partial charge in [-0.3, -0.25) is 9.29 Å². The number of carboxylic acids is 1. The van der Waals surface area contributed by atoms with Crippen LogP contribution in [0.5, 0.6) is 0 Å². The van der Waals surface area contributed by atoms with Crippen LogP contribution in [0.3, 0.4) is 0 Å². The predicted molar refractivity (Wildman–Crippen MR) is 141 cm³/mol. The third kappa shape index (κ3) is 4.91. The smallest absolute Gasteiger partial charge is 0.337 e. The van der Waals surface area contributed by atoms with E-state index in [1.165, 1.54) is 10.4 Å². The Labute approximate surface area is 216 Å². The van der Waals surface area contributed by atoms with E-state index in [0.717, 1.165) is 12.5 Å². The number of anilines is 2. The largest absolute Gasteiger partial charge is 0.479 e. The van der Waals surface area contributed by atoms with Crippen LogP contribution >= 0.6 is 0 Å². The molecule has 0 saturated heterocycles. The molecule has 2 aromatic carbocycles. The number of fused-ring (bicyclic) bond motifs is 3. The summed E-state index contributed by atoms with van der Waals surface area (Å²) in [5, 5.41) is 10.3. The lowest BCUT2D eigenvalue weighted by Crippen LogP contribution is -2.35. The fourth-order valence-electron chi connectivity index (χ4n) is 4.89. The Hall–Kier alpha value is -3.50. The summed E-state index contributed by atoms with van der Waals surface area (Å²) in [4.78, 5) is 17.0. The minimum atomic E-state index is -3.84. The Bertz CT molecular complexity index is 1510. The first kappa shape index (κ1) is 26.6. The molecule has 0 radical (unpaired) electrons. The van der Waals surface area contributed by atoms with Gasteiger partial charge in [0.25, 0.3) is 0 Å². The highest BCUT2D eigenvalue weighted by atomic mass is 32.2. The summed E-state index contributed by atoms with van der Waals surface area (Å²) in [6.07, 6.45) is 0.755. The Kier molecular flexibility index (Phi) is 6.54. The zero-order valence-corrected chi connectivity index (χ0v) is 22.4. The first-order valence-electron chi connectivity index (χ1n) is 11.7. The maximum atomic E-state index is 14.1. The van der Waals surface area contributed by atoms with Gasteiger partial charge in [0, 0.05) is 22.4 Å². The number of nitrogen functional groups attached to an aromatic ring is 1. The maximum Gasteiger partial charge on any atom is 0.337 e. The monoisotopic (exact) mass is 527 g/mol. The normalized spacial score (nSPS) is 14.2. The average Bonchev–Trinajstić information content (AvgIpc) is 2.78. The highest BCUT2D eigenvalue weighted by molar-refractivity contribution is 7.92. The van der Waals surface area contributed by atoms with Crippen LogP contribution in [0.4, 0.5) is 15.8 Å². The number of benzene rings is 2.